The van der Waals surface area contributed by atoms with E-state index in [1.54, 1.807) is 4.52 Å². The van der Waals surface area contributed by atoms with Crippen molar-refractivity contribution < 1.29 is 9.53 Å². The molecule has 0 radical (unpaired) electrons. The van der Waals surface area contributed by atoms with Gasteiger partial charge in [0.1, 0.15) is 35.5 Å². The second-order valence-corrected chi connectivity index (χ2v) is 10.4. The van der Waals surface area contributed by atoms with Gasteiger partial charge in [0, 0.05) is 42.0 Å². The highest BCUT2D eigenvalue weighted by Gasteiger charge is 2.56. The molecule has 5 heterocycles. The van der Waals surface area contributed by atoms with E-state index in [9.17, 15) is 4.79 Å². The number of nitrogens with one attached hydrogen (secondary N) is 1. The van der Waals surface area contributed by atoms with Crippen LogP contribution >= 0.6 is 0 Å². The third-order valence-corrected chi connectivity index (χ3v) is 7.26. The van der Waals surface area contributed by atoms with Gasteiger partial charge in [0.25, 0.3) is 5.91 Å². The molecule has 1 aliphatic heterocycles. The fourth-order valence-corrected chi connectivity index (χ4v) is 5.16. The molecule has 7 rings (SSSR count). The first-order chi connectivity index (χ1) is 19.4. The maximum atomic E-state index is 13.3. The van der Waals surface area contributed by atoms with Crippen LogP contribution in [0.4, 0.5) is 17.3 Å². The zero-order valence-corrected chi connectivity index (χ0v) is 22.3. The largest absolute Gasteiger partial charge is 0.457 e. The first-order valence-electron chi connectivity index (χ1n) is 13.1. The molecule has 2 aliphatic rings. The van der Waals surface area contributed by atoms with Crippen LogP contribution < -0.4 is 15.0 Å². The molecule has 200 valence electrons. The molecule has 5 aromatic rings. The highest BCUT2D eigenvalue weighted by Crippen LogP contribution is 2.50. The van der Waals surface area contributed by atoms with Crippen LogP contribution in [0.3, 0.4) is 0 Å². The van der Waals surface area contributed by atoms with Crippen LogP contribution in [0.2, 0.25) is 0 Å². The van der Waals surface area contributed by atoms with Gasteiger partial charge in [0.15, 0.2) is 11.5 Å². The molecule has 11 nitrogen and oxygen atoms in total. The van der Waals surface area contributed by atoms with Crippen molar-refractivity contribution in [3.63, 3.8) is 0 Å². The maximum Gasteiger partial charge on any atom is 0.255 e. The molecule has 1 aromatic carbocycles. The fourth-order valence-electron chi connectivity index (χ4n) is 5.16. The summed E-state index contributed by atoms with van der Waals surface area (Å²) in [6.45, 7) is 2.72. The molecule has 2 atom stereocenters. The van der Waals surface area contributed by atoms with E-state index in [-0.39, 0.29) is 17.9 Å². The average molecular weight is 534 g/mol. The van der Waals surface area contributed by atoms with Crippen molar-refractivity contribution in [3.8, 4) is 11.5 Å². The SMILES string of the molecule is Cc1cc(Nc2ncnc3ccc(N4C(=O)/C(=C/CN(C)C)[C@@H]5C[C@@H]54)nc23)ccc1Oc1ccn2ncnc2c1. The second-order valence-electron chi connectivity index (χ2n) is 10.4. The highest BCUT2D eigenvalue weighted by molar-refractivity contribution is 6.11. The smallest absolute Gasteiger partial charge is 0.255 e. The number of likely N-dealkylation sites (N-methyl/N-ethyl adjacent to an activating group) is 1. The minimum atomic E-state index is 0.0377. The minimum Gasteiger partial charge on any atom is -0.457 e. The molecule has 1 saturated heterocycles. The Morgan fingerprint density at radius 3 is 2.85 bits per heavy atom. The molecular formula is C29H27N9O2. The molecule has 0 bridgehead atoms. The van der Waals surface area contributed by atoms with E-state index in [0.29, 0.717) is 34.1 Å². The van der Waals surface area contributed by atoms with E-state index in [2.05, 4.69) is 30.3 Å². The van der Waals surface area contributed by atoms with Crippen LogP contribution in [0.15, 0.2) is 73.0 Å². The lowest BCUT2D eigenvalue weighted by Crippen LogP contribution is -2.30. The summed E-state index contributed by atoms with van der Waals surface area (Å²) in [5.74, 6) is 2.93. The zero-order valence-electron chi connectivity index (χ0n) is 22.3. The van der Waals surface area contributed by atoms with E-state index in [0.717, 1.165) is 35.5 Å². The summed E-state index contributed by atoms with van der Waals surface area (Å²) in [6, 6.07) is 13.4. The van der Waals surface area contributed by atoms with Gasteiger partial charge in [0.2, 0.25) is 0 Å². The number of ether oxygens (including phenoxy) is 1. The second kappa shape index (κ2) is 9.38. The van der Waals surface area contributed by atoms with Crippen LogP contribution in [0.1, 0.15) is 12.0 Å². The van der Waals surface area contributed by atoms with Gasteiger partial charge in [-0.2, -0.15) is 5.10 Å². The Morgan fingerprint density at radius 1 is 1.10 bits per heavy atom. The van der Waals surface area contributed by atoms with Crippen LogP contribution in [-0.2, 0) is 4.79 Å². The molecule has 4 aromatic heterocycles. The monoisotopic (exact) mass is 533 g/mol. The Labute approximate surface area is 230 Å². The number of pyridine rings is 2. The van der Waals surface area contributed by atoms with E-state index < -0.39 is 0 Å². The predicted octanol–water partition coefficient (Wildman–Crippen LogP) is 4.13. The highest BCUT2D eigenvalue weighted by atomic mass is 16.5. The lowest BCUT2D eigenvalue weighted by molar-refractivity contribution is -0.114. The van der Waals surface area contributed by atoms with Gasteiger partial charge >= 0.3 is 0 Å². The molecular weight excluding hydrogens is 506 g/mol. The van der Waals surface area contributed by atoms with Crippen molar-refractivity contribution in [2.75, 3.05) is 30.9 Å². The number of hydrogen-bond donors (Lipinski definition) is 1. The minimum absolute atomic E-state index is 0.0377. The number of nitrogens with zero attached hydrogens (tertiary/aromatic N) is 8. The number of hydrogen-bond acceptors (Lipinski definition) is 9. The van der Waals surface area contributed by atoms with Crippen LogP contribution in [0.5, 0.6) is 11.5 Å². The van der Waals surface area contributed by atoms with Crippen molar-refractivity contribution in [2.45, 2.75) is 19.4 Å². The summed E-state index contributed by atoms with van der Waals surface area (Å²) in [7, 11) is 4.00. The van der Waals surface area contributed by atoms with Gasteiger partial charge in [-0.1, -0.05) is 6.08 Å². The van der Waals surface area contributed by atoms with E-state index in [4.69, 9.17) is 9.72 Å². The number of fused-ring (bicyclic) bond motifs is 3. The van der Waals surface area contributed by atoms with E-state index >= 15 is 0 Å². The number of benzene rings is 1. The quantitative estimate of drug-likeness (QED) is 0.308. The Morgan fingerprint density at radius 2 is 2.00 bits per heavy atom. The molecule has 0 spiro atoms. The molecule has 1 saturated carbocycles. The fraction of sp³-hybridized carbons (Fsp3) is 0.241. The van der Waals surface area contributed by atoms with Crippen LogP contribution in [0, 0.1) is 12.8 Å². The van der Waals surface area contributed by atoms with Crippen molar-refractivity contribution in [1.82, 2.24) is 34.4 Å². The lowest BCUT2D eigenvalue weighted by Gasteiger charge is -2.18. The Hall–Kier alpha value is -4.90. The normalized spacial score (nSPS) is 19.1. The Balaban J connectivity index is 1.14. The van der Waals surface area contributed by atoms with Gasteiger partial charge in [-0.15, -0.1) is 0 Å². The number of carbonyl (C=O) groups excluding carboxylic acids is 1. The molecule has 0 unspecified atom stereocenters. The number of aryl methyl sites for hydroxylation is 1. The molecule has 40 heavy (non-hydrogen) atoms. The van der Waals surface area contributed by atoms with Crippen LogP contribution in [0.25, 0.3) is 16.7 Å². The van der Waals surface area contributed by atoms with Crippen molar-refractivity contribution >= 4 is 39.9 Å². The summed E-state index contributed by atoms with van der Waals surface area (Å²) >= 11 is 0. The summed E-state index contributed by atoms with van der Waals surface area (Å²) in [5.41, 5.74) is 4.68. The number of carbonyl (C=O) groups is 1. The maximum absolute atomic E-state index is 13.3. The predicted molar refractivity (Wildman–Crippen MR) is 151 cm³/mol. The van der Waals surface area contributed by atoms with Crippen molar-refractivity contribution in [1.29, 1.82) is 0 Å². The number of anilines is 3. The molecule has 1 amide bonds. The van der Waals surface area contributed by atoms with Gasteiger partial charge in [-0.3, -0.25) is 9.69 Å². The summed E-state index contributed by atoms with van der Waals surface area (Å²) in [4.78, 5) is 35.1. The van der Waals surface area contributed by atoms with Gasteiger partial charge in [-0.05, 0) is 69.4 Å². The summed E-state index contributed by atoms with van der Waals surface area (Å²) in [5, 5.41) is 7.49. The molecule has 1 aliphatic carbocycles. The lowest BCUT2D eigenvalue weighted by atomic mass is 10.1. The zero-order chi connectivity index (χ0) is 27.4. The van der Waals surface area contributed by atoms with E-state index in [1.165, 1.54) is 12.7 Å². The molecule has 2 fully saturated rings. The molecule has 1 N–H and O–H groups in total. The van der Waals surface area contributed by atoms with Gasteiger partial charge in [0.05, 0.1) is 5.52 Å². The Kier molecular flexibility index (Phi) is 5.67. The number of piperidine rings is 1. The number of rotatable bonds is 7. The standard InChI is InChI=1S/C29H27N9O2/c1-17-12-18(4-6-24(17)40-19-8-11-37-26(13-19)31-16-33-37)34-28-27-22(30-15-32-28)5-7-25(35-27)38-23-14-21(23)20(29(38)39)9-10-36(2)3/h4-9,11-13,15-16,21,23H,10,14H2,1-3H3,(H,30,32,34)/b20-9+/t21-,23-/m0/s1. The average Bonchev–Trinajstić information content (AvgIpc) is 3.45. The summed E-state index contributed by atoms with van der Waals surface area (Å²) in [6.07, 6.45) is 7.85. The first-order valence-corrected chi connectivity index (χ1v) is 13.1. The van der Waals surface area contributed by atoms with E-state index in [1.807, 2.05) is 80.7 Å². The third kappa shape index (κ3) is 4.30. The van der Waals surface area contributed by atoms with Crippen molar-refractivity contribution in [3.05, 3.63) is 78.5 Å². The number of aromatic nitrogens is 6. The Bertz CT molecular complexity index is 1810. The third-order valence-electron chi connectivity index (χ3n) is 7.26. The van der Waals surface area contributed by atoms with Gasteiger partial charge < -0.3 is 15.0 Å². The van der Waals surface area contributed by atoms with Gasteiger partial charge in [-0.25, -0.2) is 24.5 Å². The molecule has 11 heteroatoms. The van der Waals surface area contributed by atoms with Crippen molar-refractivity contribution in [2.24, 2.45) is 5.92 Å². The first kappa shape index (κ1) is 24.2. The number of amides is 1. The topological polar surface area (TPSA) is 114 Å². The van der Waals surface area contributed by atoms with Crippen LogP contribution in [-0.4, -0.2) is 67.0 Å². The summed E-state index contributed by atoms with van der Waals surface area (Å²) < 4.78 is 7.79.